The largest absolute Gasteiger partial charge is 0.486 e. The number of nitrogens with zero attached hydrogens (tertiary/aromatic N) is 1. The van der Waals surface area contributed by atoms with Crippen LogP contribution in [0.1, 0.15) is 30.2 Å². The maximum absolute atomic E-state index is 13.7. The van der Waals surface area contributed by atoms with E-state index >= 15 is 0 Å². The lowest BCUT2D eigenvalue weighted by Crippen LogP contribution is -2.42. The molecule has 6 nitrogen and oxygen atoms in total. The number of hydrogen-bond donors (Lipinski definition) is 1. The molecule has 6 rings (SSSR count). The van der Waals surface area contributed by atoms with Crippen LogP contribution in [-0.2, 0) is 11.2 Å². The standard InChI is InChI=1S/C30H30N2O4/c33-30(31-24-10-11-26-27(20-24)35-17-16-34-26)29(28-19-23-8-4-5-9-25(23)36-28)32-14-12-22(13-15-32)18-21-6-2-1-3-7-21/h1-11,19-20,22,29H,12-18H2,(H,31,33). The molecule has 0 spiro atoms. The van der Waals surface area contributed by atoms with E-state index in [0.29, 0.717) is 42.1 Å². The normalized spacial score (nSPS) is 17.1. The molecule has 0 radical (unpaired) electrons. The zero-order chi connectivity index (χ0) is 24.3. The second-order valence-electron chi connectivity index (χ2n) is 9.61. The van der Waals surface area contributed by atoms with E-state index in [1.54, 1.807) is 0 Å². The fraction of sp³-hybridized carbons (Fsp3) is 0.300. The summed E-state index contributed by atoms with van der Waals surface area (Å²) in [4.78, 5) is 16.0. The Kier molecular flexibility index (Phi) is 6.35. The molecule has 1 amide bonds. The number of para-hydroxylation sites is 1. The van der Waals surface area contributed by atoms with Crippen molar-refractivity contribution in [1.29, 1.82) is 0 Å². The van der Waals surface area contributed by atoms with Gasteiger partial charge in [-0.05, 0) is 68.1 Å². The van der Waals surface area contributed by atoms with E-state index in [-0.39, 0.29) is 5.91 Å². The number of ether oxygens (including phenoxy) is 2. The summed E-state index contributed by atoms with van der Waals surface area (Å²) < 4.78 is 17.5. The summed E-state index contributed by atoms with van der Waals surface area (Å²) in [6.07, 6.45) is 3.17. The molecule has 36 heavy (non-hydrogen) atoms. The molecule has 3 heterocycles. The van der Waals surface area contributed by atoms with Crippen LogP contribution in [0.5, 0.6) is 11.5 Å². The Morgan fingerprint density at radius 2 is 1.64 bits per heavy atom. The Morgan fingerprint density at radius 3 is 2.44 bits per heavy atom. The van der Waals surface area contributed by atoms with E-state index in [1.165, 1.54) is 5.56 Å². The first-order valence-electron chi connectivity index (χ1n) is 12.7. The van der Waals surface area contributed by atoms with Gasteiger partial charge in [0.05, 0.1) is 0 Å². The van der Waals surface area contributed by atoms with Gasteiger partial charge in [-0.2, -0.15) is 0 Å². The summed E-state index contributed by atoms with van der Waals surface area (Å²) >= 11 is 0. The summed E-state index contributed by atoms with van der Waals surface area (Å²) in [5, 5.41) is 4.11. The second-order valence-corrected chi connectivity index (χ2v) is 9.61. The van der Waals surface area contributed by atoms with Gasteiger partial charge in [-0.1, -0.05) is 48.5 Å². The van der Waals surface area contributed by atoms with E-state index in [0.717, 1.165) is 43.3 Å². The molecule has 1 N–H and O–H groups in total. The molecular weight excluding hydrogens is 452 g/mol. The monoisotopic (exact) mass is 482 g/mol. The van der Waals surface area contributed by atoms with Crippen LogP contribution < -0.4 is 14.8 Å². The number of nitrogens with one attached hydrogen (secondary N) is 1. The first-order chi connectivity index (χ1) is 17.7. The molecular formula is C30H30N2O4. The molecule has 1 unspecified atom stereocenters. The molecule has 4 aromatic rings. The van der Waals surface area contributed by atoms with E-state index in [2.05, 4.69) is 40.5 Å². The van der Waals surface area contributed by atoms with Crippen molar-refractivity contribution < 1.29 is 18.7 Å². The minimum Gasteiger partial charge on any atom is -0.486 e. The van der Waals surface area contributed by atoms with Crippen molar-refractivity contribution in [2.45, 2.75) is 25.3 Å². The molecule has 6 heteroatoms. The van der Waals surface area contributed by atoms with Crippen LogP contribution in [-0.4, -0.2) is 37.1 Å². The van der Waals surface area contributed by atoms with Crippen molar-refractivity contribution in [2.24, 2.45) is 5.92 Å². The fourth-order valence-electron chi connectivity index (χ4n) is 5.31. The number of fused-ring (bicyclic) bond motifs is 2. The third-order valence-corrected chi connectivity index (χ3v) is 7.15. The predicted molar refractivity (Wildman–Crippen MR) is 139 cm³/mol. The molecule has 3 aromatic carbocycles. The van der Waals surface area contributed by atoms with E-state index in [9.17, 15) is 4.79 Å². The summed E-state index contributed by atoms with van der Waals surface area (Å²) in [5.41, 5.74) is 2.86. The maximum atomic E-state index is 13.7. The summed E-state index contributed by atoms with van der Waals surface area (Å²) in [5.74, 6) is 2.54. The van der Waals surface area contributed by atoms with Crippen molar-refractivity contribution in [3.63, 3.8) is 0 Å². The number of amides is 1. The van der Waals surface area contributed by atoms with Crippen LogP contribution >= 0.6 is 0 Å². The van der Waals surface area contributed by atoms with Crippen molar-refractivity contribution in [3.8, 4) is 11.5 Å². The van der Waals surface area contributed by atoms with Crippen LogP contribution in [0.3, 0.4) is 0 Å². The SMILES string of the molecule is O=C(Nc1ccc2c(c1)OCCO2)C(c1cc2ccccc2o1)N1CCC(Cc2ccccc2)CC1. The molecule has 184 valence electrons. The number of anilines is 1. The maximum Gasteiger partial charge on any atom is 0.249 e. The van der Waals surface area contributed by atoms with Crippen molar-refractivity contribution in [3.05, 3.63) is 90.2 Å². The molecule has 1 saturated heterocycles. The van der Waals surface area contributed by atoms with Crippen molar-refractivity contribution in [1.82, 2.24) is 4.90 Å². The van der Waals surface area contributed by atoms with Crippen LogP contribution in [0, 0.1) is 5.92 Å². The van der Waals surface area contributed by atoms with Crippen LogP contribution in [0.25, 0.3) is 11.0 Å². The van der Waals surface area contributed by atoms with Crippen LogP contribution in [0.4, 0.5) is 5.69 Å². The van der Waals surface area contributed by atoms with Gasteiger partial charge in [0.25, 0.3) is 0 Å². The Labute approximate surface area is 210 Å². The van der Waals surface area contributed by atoms with Gasteiger partial charge in [0.15, 0.2) is 11.5 Å². The molecule has 2 aliphatic heterocycles. The summed E-state index contributed by atoms with van der Waals surface area (Å²) in [7, 11) is 0. The van der Waals surface area contributed by atoms with Crippen molar-refractivity contribution >= 4 is 22.6 Å². The summed E-state index contributed by atoms with van der Waals surface area (Å²) in [6.45, 7) is 2.72. The van der Waals surface area contributed by atoms with Crippen molar-refractivity contribution in [2.75, 3.05) is 31.6 Å². The van der Waals surface area contributed by atoms with Gasteiger partial charge in [-0.15, -0.1) is 0 Å². The predicted octanol–water partition coefficient (Wildman–Crippen LogP) is 5.84. The number of benzene rings is 3. The second kappa shape index (κ2) is 10.1. The quantitative estimate of drug-likeness (QED) is 0.374. The zero-order valence-electron chi connectivity index (χ0n) is 20.2. The molecule has 0 bridgehead atoms. The Morgan fingerprint density at radius 1 is 0.889 bits per heavy atom. The molecule has 2 aliphatic rings. The molecule has 1 fully saturated rings. The highest BCUT2D eigenvalue weighted by molar-refractivity contribution is 5.96. The highest BCUT2D eigenvalue weighted by atomic mass is 16.6. The first-order valence-corrected chi connectivity index (χ1v) is 12.7. The van der Waals surface area contributed by atoms with Gasteiger partial charge in [-0.3, -0.25) is 9.69 Å². The van der Waals surface area contributed by atoms with E-state index in [4.69, 9.17) is 13.9 Å². The smallest absolute Gasteiger partial charge is 0.249 e. The third kappa shape index (κ3) is 4.82. The Hall–Kier alpha value is -3.77. The minimum atomic E-state index is -0.511. The number of carbonyl (C=O) groups excluding carboxylic acids is 1. The molecule has 0 aliphatic carbocycles. The minimum absolute atomic E-state index is 0.104. The Balaban J connectivity index is 1.22. The number of furan rings is 1. The van der Waals surface area contributed by atoms with Crippen LogP contribution in [0.2, 0.25) is 0 Å². The van der Waals surface area contributed by atoms with E-state index in [1.807, 2.05) is 48.5 Å². The fourth-order valence-corrected chi connectivity index (χ4v) is 5.31. The van der Waals surface area contributed by atoms with Gasteiger partial charge in [0.1, 0.15) is 30.6 Å². The van der Waals surface area contributed by atoms with E-state index < -0.39 is 6.04 Å². The van der Waals surface area contributed by atoms with Gasteiger partial charge in [0.2, 0.25) is 5.91 Å². The van der Waals surface area contributed by atoms with Gasteiger partial charge >= 0.3 is 0 Å². The number of piperidine rings is 1. The van der Waals surface area contributed by atoms with Gasteiger partial charge in [0, 0.05) is 17.1 Å². The number of carbonyl (C=O) groups is 1. The average Bonchev–Trinajstić information content (AvgIpc) is 3.34. The summed E-state index contributed by atoms with van der Waals surface area (Å²) in [6, 6.07) is 25.6. The van der Waals surface area contributed by atoms with Crippen LogP contribution in [0.15, 0.2) is 83.3 Å². The van der Waals surface area contributed by atoms with Gasteiger partial charge < -0.3 is 19.2 Å². The Bertz CT molecular complexity index is 1310. The molecule has 1 aromatic heterocycles. The number of likely N-dealkylation sites (tertiary alicyclic amines) is 1. The highest BCUT2D eigenvalue weighted by Gasteiger charge is 2.34. The third-order valence-electron chi connectivity index (χ3n) is 7.15. The lowest BCUT2D eigenvalue weighted by molar-refractivity contribution is -0.122. The number of rotatable bonds is 6. The highest BCUT2D eigenvalue weighted by Crippen LogP contribution is 2.35. The molecule has 0 saturated carbocycles. The lowest BCUT2D eigenvalue weighted by Gasteiger charge is -2.36. The number of hydrogen-bond acceptors (Lipinski definition) is 5. The molecule has 1 atom stereocenters. The zero-order valence-corrected chi connectivity index (χ0v) is 20.2. The average molecular weight is 483 g/mol. The van der Waals surface area contributed by atoms with Gasteiger partial charge in [-0.25, -0.2) is 0 Å². The topological polar surface area (TPSA) is 63.9 Å². The first kappa shape index (κ1) is 22.7. The lowest BCUT2D eigenvalue weighted by atomic mass is 9.89.